The molecule has 1 aromatic carbocycles. The molecule has 0 spiro atoms. The minimum absolute atomic E-state index is 0.492. The van der Waals surface area contributed by atoms with Crippen molar-refractivity contribution < 1.29 is 8.42 Å². The highest BCUT2D eigenvalue weighted by Crippen LogP contribution is 2.26. The third kappa shape index (κ3) is 7.48. The van der Waals surface area contributed by atoms with Gasteiger partial charge in [0.05, 0.1) is 6.26 Å². The van der Waals surface area contributed by atoms with E-state index in [0.29, 0.717) is 17.6 Å². The Labute approximate surface area is 162 Å². The fraction of sp³-hybridized carbons (Fsp3) is 0.500. The molecule has 0 fully saturated rings. The fourth-order valence-corrected chi connectivity index (χ4v) is 4.42. The summed E-state index contributed by atoms with van der Waals surface area (Å²) in [6.07, 6.45) is 5.60. The molecule has 0 radical (unpaired) electrons. The zero-order chi connectivity index (χ0) is 19.0. The second kappa shape index (κ2) is 10.1. The summed E-state index contributed by atoms with van der Waals surface area (Å²) >= 11 is 1.75. The molecule has 6 heteroatoms. The van der Waals surface area contributed by atoms with Gasteiger partial charge < -0.3 is 5.32 Å². The lowest BCUT2D eigenvalue weighted by atomic mass is 9.92. The molecule has 0 saturated carbocycles. The van der Waals surface area contributed by atoms with Crippen molar-refractivity contribution in [2.24, 2.45) is 0 Å². The van der Waals surface area contributed by atoms with E-state index in [1.165, 1.54) is 17.4 Å². The minimum atomic E-state index is -3.22. The zero-order valence-corrected chi connectivity index (χ0v) is 17.5. The molecule has 0 aliphatic rings. The van der Waals surface area contributed by atoms with E-state index in [9.17, 15) is 8.42 Å². The molecule has 2 N–H and O–H groups in total. The van der Waals surface area contributed by atoms with Crippen molar-refractivity contribution in [1.82, 2.24) is 5.32 Å². The monoisotopic (exact) mass is 394 g/mol. The van der Waals surface area contributed by atoms with Crippen LogP contribution in [-0.2, 0) is 16.4 Å². The molecule has 1 aromatic heterocycles. The molecule has 0 amide bonds. The third-order valence-corrected chi connectivity index (χ3v) is 5.86. The summed E-state index contributed by atoms with van der Waals surface area (Å²) in [5, 5.41) is 7.96. The lowest BCUT2D eigenvalue weighted by Crippen LogP contribution is -2.29. The van der Waals surface area contributed by atoms with Gasteiger partial charge in [-0.2, -0.15) is 11.3 Å². The summed E-state index contributed by atoms with van der Waals surface area (Å²) in [7, 11) is -3.22. The molecule has 2 atom stereocenters. The molecule has 4 nitrogen and oxygen atoms in total. The summed E-state index contributed by atoms with van der Waals surface area (Å²) < 4.78 is 25.1. The van der Waals surface area contributed by atoms with Crippen molar-refractivity contribution in [3.8, 4) is 0 Å². The third-order valence-electron chi connectivity index (χ3n) is 4.52. The number of nitrogens with one attached hydrogen (secondary N) is 2. The van der Waals surface area contributed by atoms with Crippen LogP contribution in [0.2, 0.25) is 0 Å². The maximum Gasteiger partial charge on any atom is 0.229 e. The van der Waals surface area contributed by atoms with E-state index >= 15 is 0 Å². The first-order valence-corrected chi connectivity index (χ1v) is 12.0. The highest BCUT2D eigenvalue weighted by molar-refractivity contribution is 7.92. The average molecular weight is 395 g/mol. The van der Waals surface area contributed by atoms with Gasteiger partial charge in [0.15, 0.2) is 0 Å². The van der Waals surface area contributed by atoms with Crippen molar-refractivity contribution in [1.29, 1.82) is 0 Å². The summed E-state index contributed by atoms with van der Waals surface area (Å²) in [5.74, 6) is 0.510. The zero-order valence-electron chi connectivity index (χ0n) is 15.9. The van der Waals surface area contributed by atoms with E-state index in [0.717, 1.165) is 32.2 Å². The predicted octanol–water partition coefficient (Wildman–Crippen LogP) is 4.61. The summed E-state index contributed by atoms with van der Waals surface area (Å²) in [5.41, 5.74) is 3.30. The first kappa shape index (κ1) is 20.9. The molecule has 2 aromatic rings. The SMILES string of the molecule is CCC(CCCNC(C)Cc1ccsc1)c1ccc(NS(C)(=O)=O)cc1. The van der Waals surface area contributed by atoms with Crippen molar-refractivity contribution in [2.75, 3.05) is 17.5 Å². The van der Waals surface area contributed by atoms with Crippen LogP contribution in [0.1, 0.15) is 50.2 Å². The lowest BCUT2D eigenvalue weighted by molar-refractivity contribution is 0.497. The van der Waals surface area contributed by atoms with E-state index < -0.39 is 10.0 Å². The molecular weight excluding hydrogens is 364 g/mol. The minimum Gasteiger partial charge on any atom is -0.314 e. The Kier molecular flexibility index (Phi) is 8.13. The van der Waals surface area contributed by atoms with Crippen molar-refractivity contribution in [3.05, 3.63) is 52.2 Å². The molecule has 2 rings (SSSR count). The van der Waals surface area contributed by atoms with Gasteiger partial charge in [-0.15, -0.1) is 0 Å². The van der Waals surface area contributed by atoms with Gasteiger partial charge in [0, 0.05) is 11.7 Å². The van der Waals surface area contributed by atoms with Crippen molar-refractivity contribution >= 4 is 27.0 Å². The Morgan fingerprint density at radius 2 is 1.88 bits per heavy atom. The molecule has 1 heterocycles. The Bertz CT molecular complexity index is 741. The van der Waals surface area contributed by atoms with Gasteiger partial charge in [-0.3, -0.25) is 4.72 Å². The van der Waals surface area contributed by atoms with Crippen LogP contribution in [0.5, 0.6) is 0 Å². The molecule has 26 heavy (non-hydrogen) atoms. The predicted molar refractivity (Wildman–Crippen MR) is 113 cm³/mol. The first-order valence-electron chi connectivity index (χ1n) is 9.19. The van der Waals surface area contributed by atoms with Crippen LogP contribution in [0.3, 0.4) is 0 Å². The quantitative estimate of drug-likeness (QED) is 0.547. The Morgan fingerprint density at radius 1 is 1.15 bits per heavy atom. The highest BCUT2D eigenvalue weighted by atomic mass is 32.2. The smallest absolute Gasteiger partial charge is 0.229 e. The molecule has 0 aliphatic carbocycles. The molecular formula is C20H30N2O2S2. The van der Waals surface area contributed by atoms with Gasteiger partial charge in [-0.1, -0.05) is 19.1 Å². The largest absolute Gasteiger partial charge is 0.314 e. The van der Waals surface area contributed by atoms with E-state index in [1.807, 2.05) is 24.3 Å². The van der Waals surface area contributed by atoms with E-state index in [1.54, 1.807) is 11.3 Å². The van der Waals surface area contributed by atoms with Gasteiger partial charge in [-0.25, -0.2) is 8.42 Å². The molecule has 0 bridgehead atoms. The Hall–Kier alpha value is -1.37. The molecule has 0 saturated heterocycles. The average Bonchev–Trinajstić information content (AvgIpc) is 3.07. The van der Waals surface area contributed by atoms with Gasteiger partial charge >= 0.3 is 0 Å². The standard InChI is InChI=1S/C20H30N2O2S2/c1-4-18(19-7-9-20(10-8-19)22-26(3,23)24)6-5-12-21-16(2)14-17-11-13-25-15-17/h7-11,13,15-16,18,21-22H,4-6,12,14H2,1-3H3. The van der Waals surface area contributed by atoms with Crippen LogP contribution >= 0.6 is 11.3 Å². The topological polar surface area (TPSA) is 58.2 Å². The number of hydrogen-bond acceptors (Lipinski definition) is 4. The first-order chi connectivity index (χ1) is 12.4. The maximum atomic E-state index is 11.3. The Balaban J connectivity index is 1.76. The van der Waals surface area contributed by atoms with Crippen LogP contribution in [0.15, 0.2) is 41.1 Å². The fourth-order valence-electron chi connectivity index (χ4n) is 3.18. The summed E-state index contributed by atoms with van der Waals surface area (Å²) in [6.45, 7) is 5.47. The van der Waals surface area contributed by atoms with Crippen molar-refractivity contribution in [3.63, 3.8) is 0 Å². The van der Waals surface area contributed by atoms with E-state index in [-0.39, 0.29) is 0 Å². The number of hydrogen-bond donors (Lipinski definition) is 2. The van der Waals surface area contributed by atoms with Gasteiger partial charge in [-0.05, 0) is 85.2 Å². The number of sulfonamides is 1. The second-order valence-corrected chi connectivity index (χ2v) is 9.46. The van der Waals surface area contributed by atoms with Crippen LogP contribution in [-0.4, -0.2) is 27.3 Å². The molecule has 144 valence electrons. The second-order valence-electron chi connectivity index (χ2n) is 6.93. The summed E-state index contributed by atoms with van der Waals surface area (Å²) in [6, 6.07) is 10.5. The molecule has 0 aliphatic heterocycles. The molecule has 2 unspecified atom stereocenters. The van der Waals surface area contributed by atoms with Crippen LogP contribution < -0.4 is 10.0 Å². The van der Waals surface area contributed by atoms with Gasteiger partial charge in [0.2, 0.25) is 10.0 Å². The Morgan fingerprint density at radius 3 is 2.46 bits per heavy atom. The van der Waals surface area contributed by atoms with Crippen molar-refractivity contribution in [2.45, 2.75) is 51.5 Å². The lowest BCUT2D eigenvalue weighted by Gasteiger charge is -2.18. The maximum absolute atomic E-state index is 11.3. The highest BCUT2D eigenvalue weighted by Gasteiger charge is 2.10. The van der Waals surface area contributed by atoms with Gasteiger partial charge in [0.1, 0.15) is 0 Å². The number of anilines is 1. The van der Waals surface area contributed by atoms with Gasteiger partial charge in [0.25, 0.3) is 0 Å². The summed E-state index contributed by atoms with van der Waals surface area (Å²) in [4.78, 5) is 0. The normalized spacial score (nSPS) is 14.1. The van der Waals surface area contributed by atoms with Crippen LogP contribution in [0.25, 0.3) is 0 Å². The van der Waals surface area contributed by atoms with E-state index in [2.05, 4.69) is 40.7 Å². The van der Waals surface area contributed by atoms with E-state index in [4.69, 9.17) is 0 Å². The number of benzene rings is 1. The van der Waals surface area contributed by atoms with Crippen LogP contribution in [0, 0.1) is 0 Å². The van der Waals surface area contributed by atoms with Crippen LogP contribution in [0.4, 0.5) is 5.69 Å². The number of rotatable bonds is 11. The number of thiophene rings is 1.